The molecule has 27 heavy (non-hydrogen) atoms. The summed E-state index contributed by atoms with van der Waals surface area (Å²) in [6.07, 6.45) is 4.38. The van der Waals surface area contributed by atoms with Crippen molar-refractivity contribution in [3.8, 4) is 0 Å². The summed E-state index contributed by atoms with van der Waals surface area (Å²) in [7, 11) is 0. The third kappa shape index (κ3) is 5.43. The Bertz CT molecular complexity index is 704. The molecule has 0 spiro atoms. The first-order valence-corrected chi connectivity index (χ1v) is 9.81. The van der Waals surface area contributed by atoms with Crippen LogP contribution in [0.15, 0.2) is 60.7 Å². The summed E-state index contributed by atoms with van der Waals surface area (Å²) >= 11 is 0. The first kappa shape index (κ1) is 19.2. The van der Waals surface area contributed by atoms with Gasteiger partial charge in [-0.3, -0.25) is 9.59 Å². The smallest absolute Gasteiger partial charge is 0.312 e. The van der Waals surface area contributed by atoms with Crippen LogP contribution in [0, 0.1) is 5.92 Å². The molecule has 0 bridgehead atoms. The van der Waals surface area contributed by atoms with E-state index in [4.69, 9.17) is 0 Å². The fourth-order valence-corrected chi connectivity index (χ4v) is 3.71. The van der Waals surface area contributed by atoms with Crippen molar-refractivity contribution in [3.05, 3.63) is 71.8 Å². The van der Waals surface area contributed by atoms with Crippen LogP contribution in [0.25, 0.3) is 0 Å². The van der Waals surface area contributed by atoms with Gasteiger partial charge in [-0.15, -0.1) is 0 Å². The molecule has 2 unspecified atom stereocenters. The fourth-order valence-electron chi connectivity index (χ4n) is 3.71. The number of hydrogen-bond acceptors (Lipinski definition) is 2. The molecule has 0 aliphatic heterocycles. The van der Waals surface area contributed by atoms with Gasteiger partial charge < -0.3 is 10.2 Å². The zero-order valence-electron chi connectivity index (χ0n) is 15.9. The molecule has 4 heteroatoms. The molecule has 0 heterocycles. The molecule has 1 fully saturated rings. The molecule has 2 aromatic rings. The predicted octanol–water partition coefficient (Wildman–Crippen LogP) is 3.91. The molecular weight excluding hydrogens is 336 g/mol. The molecule has 2 aromatic carbocycles. The number of nitrogens with one attached hydrogen (secondary N) is 1. The summed E-state index contributed by atoms with van der Waals surface area (Å²) in [5, 5.41) is 2.99. The van der Waals surface area contributed by atoms with Crippen LogP contribution in [0.3, 0.4) is 0 Å². The summed E-state index contributed by atoms with van der Waals surface area (Å²) in [4.78, 5) is 27.3. The normalized spacial score (nSPS) is 19.3. The number of hydrogen-bond donors (Lipinski definition) is 1. The number of rotatable bonds is 5. The van der Waals surface area contributed by atoms with Crippen LogP contribution in [-0.4, -0.2) is 22.8 Å². The van der Waals surface area contributed by atoms with Crippen molar-refractivity contribution in [2.45, 2.75) is 51.7 Å². The second kappa shape index (κ2) is 9.36. The van der Waals surface area contributed by atoms with Gasteiger partial charge in [0, 0.05) is 19.1 Å². The Morgan fingerprint density at radius 3 is 1.93 bits per heavy atom. The van der Waals surface area contributed by atoms with Crippen LogP contribution in [0.1, 0.15) is 43.7 Å². The summed E-state index contributed by atoms with van der Waals surface area (Å²) in [6, 6.07) is 19.7. The number of benzene rings is 2. The molecule has 4 nitrogen and oxygen atoms in total. The van der Waals surface area contributed by atoms with Gasteiger partial charge in [0.25, 0.3) is 0 Å². The molecule has 1 saturated carbocycles. The first-order chi connectivity index (χ1) is 13.1. The Hall–Kier alpha value is -2.62. The van der Waals surface area contributed by atoms with Crippen LogP contribution in [0.2, 0.25) is 0 Å². The summed E-state index contributed by atoms with van der Waals surface area (Å²) < 4.78 is 0. The van der Waals surface area contributed by atoms with Gasteiger partial charge in [-0.25, -0.2) is 0 Å². The summed E-state index contributed by atoms with van der Waals surface area (Å²) in [5.41, 5.74) is 2.03. The van der Waals surface area contributed by atoms with Gasteiger partial charge in [0.2, 0.25) is 0 Å². The van der Waals surface area contributed by atoms with Gasteiger partial charge in [-0.2, -0.15) is 0 Å². The lowest BCUT2D eigenvalue weighted by atomic mass is 9.86. The Morgan fingerprint density at radius 2 is 1.41 bits per heavy atom. The zero-order valence-corrected chi connectivity index (χ0v) is 15.9. The molecule has 3 rings (SSSR count). The summed E-state index contributed by atoms with van der Waals surface area (Å²) in [5.74, 6) is -0.520. The van der Waals surface area contributed by atoms with Crippen LogP contribution in [-0.2, 0) is 22.7 Å². The van der Waals surface area contributed by atoms with Gasteiger partial charge in [-0.05, 0) is 29.9 Å². The van der Waals surface area contributed by atoms with Gasteiger partial charge in [0.05, 0.1) is 0 Å². The molecule has 0 radical (unpaired) electrons. The van der Waals surface area contributed by atoms with E-state index in [1.54, 1.807) is 4.90 Å². The van der Waals surface area contributed by atoms with E-state index < -0.39 is 11.8 Å². The van der Waals surface area contributed by atoms with Gasteiger partial charge >= 0.3 is 11.8 Å². The zero-order chi connectivity index (χ0) is 19.1. The summed E-state index contributed by atoms with van der Waals surface area (Å²) in [6.45, 7) is 2.99. The maximum atomic E-state index is 12.9. The third-order valence-corrected chi connectivity index (χ3v) is 5.34. The molecular formula is C23H28N2O2. The highest BCUT2D eigenvalue weighted by Crippen LogP contribution is 2.23. The number of nitrogens with zero attached hydrogens (tertiary/aromatic N) is 1. The minimum Gasteiger partial charge on any atom is -0.345 e. The minimum absolute atomic E-state index is 0.102. The van der Waals surface area contributed by atoms with E-state index in [0.717, 1.165) is 30.4 Å². The SMILES string of the molecule is CC1CCCCC1NC(=O)C(=O)N(Cc1ccccc1)Cc1ccccc1. The van der Waals surface area contributed by atoms with Crippen LogP contribution >= 0.6 is 0 Å². The molecule has 142 valence electrons. The molecule has 1 aliphatic rings. The molecule has 0 saturated heterocycles. The van der Waals surface area contributed by atoms with Gasteiger partial charge in [0.15, 0.2) is 0 Å². The number of carbonyl (C=O) groups excluding carboxylic acids is 2. The monoisotopic (exact) mass is 364 g/mol. The Balaban J connectivity index is 1.71. The van der Waals surface area contributed by atoms with Crippen molar-refractivity contribution in [2.75, 3.05) is 0 Å². The molecule has 2 amide bonds. The highest BCUT2D eigenvalue weighted by Gasteiger charge is 2.28. The van der Waals surface area contributed by atoms with E-state index in [0.29, 0.717) is 19.0 Å². The fraction of sp³-hybridized carbons (Fsp3) is 0.391. The Morgan fingerprint density at radius 1 is 0.889 bits per heavy atom. The van der Waals surface area contributed by atoms with E-state index in [-0.39, 0.29) is 6.04 Å². The van der Waals surface area contributed by atoms with E-state index in [2.05, 4.69) is 12.2 Å². The average molecular weight is 364 g/mol. The second-order valence-electron chi connectivity index (χ2n) is 7.47. The Kier molecular flexibility index (Phi) is 6.64. The lowest BCUT2D eigenvalue weighted by molar-refractivity contribution is -0.147. The third-order valence-electron chi connectivity index (χ3n) is 5.34. The highest BCUT2D eigenvalue weighted by molar-refractivity contribution is 6.35. The lowest BCUT2D eigenvalue weighted by Crippen LogP contribution is -2.48. The first-order valence-electron chi connectivity index (χ1n) is 9.81. The average Bonchev–Trinajstić information content (AvgIpc) is 2.70. The standard InChI is InChI=1S/C23H28N2O2/c1-18-10-8-9-15-21(18)24-22(26)23(27)25(16-19-11-4-2-5-12-19)17-20-13-6-3-7-14-20/h2-7,11-14,18,21H,8-10,15-17H2,1H3,(H,24,26). The van der Waals surface area contributed by atoms with E-state index >= 15 is 0 Å². The number of carbonyl (C=O) groups is 2. The topological polar surface area (TPSA) is 49.4 Å². The second-order valence-corrected chi connectivity index (χ2v) is 7.47. The lowest BCUT2D eigenvalue weighted by Gasteiger charge is -2.30. The van der Waals surface area contributed by atoms with Crippen molar-refractivity contribution in [2.24, 2.45) is 5.92 Å². The van der Waals surface area contributed by atoms with Crippen molar-refractivity contribution < 1.29 is 9.59 Å². The van der Waals surface area contributed by atoms with Crippen LogP contribution in [0.5, 0.6) is 0 Å². The number of amides is 2. The predicted molar refractivity (Wildman–Crippen MR) is 107 cm³/mol. The molecule has 1 N–H and O–H groups in total. The van der Waals surface area contributed by atoms with Gasteiger partial charge in [0.1, 0.15) is 0 Å². The van der Waals surface area contributed by atoms with Crippen LogP contribution < -0.4 is 5.32 Å². The Labute approximate surface area is 161 Å². The molecule has 2 atom stereocenters. The van der Waals surface area contributed by atoms with Crippen molar-refractivity contribution in [1.29, 1.82) is 0 Å². The van der Waals surface area contributed by atoms with E-state index in [1.807, 2.05) is 60.7 Å². The van der Waals surface area contributed by atoms with Gasteiger partial charge in [-0.1, -0.05) is 80.4 Å². The minimum atomic E-state index is -0.486. The van der Waals surface area contributed by atoms with Crippen LogP contribution in [0.4, 0.5) is 0 Å². The maximum Gasteiger partial charge on any atom is 0.312 e. The van der Waals surface area contributed by atoms with E-state index in [1.165, 1.54) is 6.42 Å². The highest BCUT2D eigenvalue weighted by atomic mass is 16.2. The van der Waals surface area contributed by atoms with Crippen molar-refractivity contribution in [3.63, 3.8) is 0 Å². The van der Waals surface area contributed by atoms with E-state index in [9.17, 15) is 9.59 Å². The van der Waals surface area contributed by atoms with Crippen molar-refractivity contribution in [1.82, 2.24) is 10.2 Å². The molecule has 1 aliphatic carbocycles. The maximum absolute atomic E-state index is 12.9. The van der Waals surface area contributed by atoms with Crippen molar-refractivity contribution >= 4 is 11.8 Å². The molecule has 0 aromatic heterocycles. The largest absolute Gasteiger partial charge is 0.345 e. The quantitative estimate of drug-likeness (QED) is 0.818.